The third kappa shape index (κ3) is 2.27. The summed E-state index contributed by atoms with van der Waals surface area (Å²) in [7, 11) is 0. The van der Waals surface area contributed by atoms with Crippen LogP contribution in [0.3, 0.4) is 0 Å². The van der Waals surface area contributed by atoms with Gasteiger partial charge < -0.3 is 4.74 Å². The average molecular weight is 247 g/mol. The van der Waals surface area contributed by atoms with Gasteiger partial charge in [-0.2, -0.15) is 0 Å². The molecule has 1 heterocycles. The van der Waals surface area contributed by atoms with E-state index in [1.165, 1.54) is 25.1 Å². The number of Topliss-reactive ketones (excluding diaryl/α,β-unsaturated/α-hetero) is 1. The Hall–Kier alpha value is -2.50. The molecule has 0 saturated carbocycles. The highest BCUT2D eigenvalue weighted by Crippen LogP contribution is 2.22. The van der Waals surface area contributed by atoms with Gasteiger partial charge in [-0.25, -0.2) is 0 Å². The molecule has 1 aliphatic rings. The number of carbonyl (C=O) groups excluding carboxylic acids is 4. The fourth-order valence-corrected chi connectivity index (χ4v) is 1.58. The number of nitrogens with one attached hydrogen (secondary N) is 1. The first-order chi connectivity index (χ1) is 8.47. The Labute approximate surface area is 102 Å². The Bertz CT molecular complexity index is 576. The van der Waals surface area contributed by atoms with Crippen LogP contribution in [0.5, 0.6) is 5.75 Å². The number of rotatable bonds is 3. The van der Waals surface area contributed by atoms with Gasteiger partial charge in [-0.15, -0.1) is 0 Å². The van der Waals surface area contributed by atoms with Crippen molar-refractivity contribution in [2.45, 2.75) is 13.3 Å². The molecule has 6 nitrogen and oxygen atoms in total. The highest BCUT2D eigenvalue weighted by atomic mass is 16.5. The van der Waals surface area contributed by atoms with Crippen LogP contribution in [-0.2, 0) is 9.59 Å². The minimum atomic E-state index is -0.702. The second-order valence-electron chi connectivity index (χ2n) is 3.84. The van der Waals surface area contributed by atoms with Crippen molar-refractivity contribution in [3.8, 4) is 5.75 Å². The zero-order valence-electron chi connectivity index (χ0n) is 9.48. The van der Waals surface area contributed by atoms with E-state index in [9.17, 15) is 19.2 Å². The van der Waals surface area contributed by atoms with Crippen molar-refractivity contribution >= 4 is 23.6 Å². The van der Waals surface area contributed by atoms with Crippen LogP contribution in [0.1, 0.15) is 34.1 Å². The third-order valence-corrected chi connectivity index (χ3v) is 2.33. The van der Waals surface area contributed by atoms with Crippen molar-refractivity contribution in [2.24, 2.45) is 0 Å². The summed E-state index contributed by atoms with van der Waals surface area (Å²) in [4.78, 5) is 44.6. The lowest BCUT2D eigenvalue weighted by atomic mass is 10.1. The third-order valence-electron chi connectivity index (χ3n) is 2.33. The predicted molar refractivity (Wildman–Crippen MR) is 59.2 cm³/mol. The maximum atomic E-state index is 11.4. The molecular formula is C12H9NO5. The number of esters is 1. The molecule has 92 valence electrons. The summed E-state index contributed by atoms with van der Waals surface area (Å²) in [6, 6.07) is 4.09. The number of carbonyl (C=O) groups is 4. The fraction of sp³-hybridized carbons (Fsp3) is 0.167. The fourth-order valence-electron chi connectivity index (χ4n) is 1.58. The monoisotopic (exact) mass is 247 g/mol. The Balaban J connectivity index is 2.20. The van der Waals surface area contributed by atoms with E-state index in [-0.39, 0.29) is 29.1 Å². The predicted octanol–water partition coefficient (Wildman–Crippen LogP) is 0.455. The molecule has 1 aromatic rings. The van der Waals surface area contributed by atoms with Gasteiger partial charge in [0.05, 0.1) is 11.1 Å². The molecule has 0 fully saturated rings. The summed E-state index contributed by atoms with van der Waals surface area (Å²) < 4.78 is 4.88. The second-order valence-corrected chi connectivity index (χ2v) is 3.84. The van der Waals surface area contributed by atoms with Crippen LogP contribution in [0.25, 0.3) is 0 Å². The van der Waals surface area contributed by atoms with Gasteiger partial charge in [0, 0.05) is 0 Å². The molecule has 1 aromatic carbocycles. The number of fused-ring (bicyclic) bond motifs is 1. The van der Waals surface area contributed by atoms with E-state index in [4.69, 9.17) is 4.74 Å². The number of benzene rings is 1. The molecule has 1 N–H and O–H groups in total. The first-order valence-electron chi connectivity index (χ1n) is 5.17. The molecule has 0 unspecified atom stereocenters. The summed E-state index contributed by atoms with van der Waals surface area (Å²) in [6.45, 7) is 1.27. The molecule has 0 spiro atoms. The zero-order chi connectivity index (χ0) is 13.3. The van der Waals surface area contributed by atoms with Crippen LogP contribution in [0.15, 0.2) is 18.2 Å². The van der Waals surface area contributed by atoms with E-state index >= 15 is 0 Å². The van der Waals surface area contributed by atoms with Crippen LogP contribution in [0.2, 0.25) is 0 Å². The van der Waals surface area contributed by atoms with E-state index in [1.54, 1.807) is 0 Å². The largest absolute Gasteiger partial charge is 0.426 e. The van der Waals surface area contributed by atoms with Gasteiger partial charge in [-0.3, -0.25) is 24.5 Å². The van der Waals surface area contributed by atoms with E-state index in [1.807, 2.05) is 0 Å². The number of ketones is 1. The van der Waals surface area contributed by atoms with Gasteiger partial charge in [0.25, 0.3) is 11.8 Å². The van der Waals surface area contributed by atoms with Gasteiger partial charge in [0.15, 0.2) is 0 Å². The number of hydrogen-bond acceptors (Lipinski definition) is 5. The van der Waals surface area contributed by atoms with Crippen LogP contribution in [-0.4, -0.2) is 23.6 Å². The lowest BCUT2D eigenvalue weighted by Crippen LogP contribution is -2.19. The maximum absolute atomic E-state index is 11.4. The summed E-state index contributed by atoms with van der Waals surface area (Å²) in [6.07, 6.45) is -0.331. The summed E-state index contributed by atoms with van der Waals surface area (Å²) in [5.74, 6) is -1.89. The smallest absolute Gasteiger partial charge is 0.318 e. The Kier molecular flexibility index (Phi) is 2.93. The number of imide groups is 1. The quantitative estimate of drug-likeness (QED) is 0.362. The molecule has 2 rings (SSSR count). The second kappa shape index (κ2) is 4.40. The average Bonchev–Trinajstić information content (AvgIpc) is 2.53. The minimum absolute atomic E-state index is 0.129. The van der Waals surface area contributed by atoms with Crippen molar-refractivity contribution in [1.82, 2.24) is 5.32 Å². The summed E-state index contributed by atoms with van der Waals surface area (Å²) in [5.41, 5.74) is 0.402. The van der Waals surface area contributed by atoms with Gasteiger partial charge >= 0.3 is 5.97 Å². The van der Waals surface area contributed by atoms with E-state index in [0.29, 0.717) is 0 Å². The van der Waals surface area contributed by atoms with Crippen molar-refractivity contribution in [1.29, 1.82) is 0 Å². The van der Waals surface area contributed by atoms with Crippen LogP contribution >= 0.6 is 0 Å². The zero-order valence-corrected chi connectivity index (χ0v) is 9.48. The topological polar surface area (TPSA) is 89.5 Å². The molecule has 1 aliphatic heterocycles. The molecule has 2 amide bonds. The molecule has 6 heteroatoms. The molecule has 0 atom stereocenters. The first kappa shape index (κ1) is 12.0. The normalized spacial score (nSPS) is 12.9. The van der Waals surface area contributed by atoms with Gasteiger partial charge in [-0.05, 0) is 25.1 Å². The van der Waals surface area contributed by atoms with Gasteiger partial charge in [0.1, 0.15) is 18.0 Å². The standard InChI is InChI=1S/C12H9NO5/c1-6(14)4-10(15)18-7-2-3-8-9(5-7)12(17)13-11(8)16/h2-3,5H,4H2,1H3,(H,13,16,17). The van der Waals surface area contributed by atoms with E-state index in [2.05, 4.69) is 5.32 Å². The molecule has 0 aromatic heterocycles. The van der Waals surface area contributed by atoms with Crippen LogP contribution < -0.4 is 10.1 Å². The SMILES string of the molecule is CC(=O)CC(=O)Oc1ccc2c(c1)C(=O)NC2=O. The molecule has 0 radical (unpaired) electrons. The molecule has 0 saturated heterocycles. The maximum Gasteiger partial charge on any atom is 0.318 e. The van der Waals surface area contributed by atoms with Crippen molar-refractivity contribution < 1.29 is 23.9 Å². The van der Waals surface area contributed by atoms with Crippen LogP contribution in [0, 0.1) is 0 Å². The Morgan fingerprint density at radius 2 is 1.83 bits per heavy atom. The summed E-state index contributed by atoms with van der Waals surface area (Å²) >= 11 is 0. The first-order valence-corrected chi connectivity index (χ1v) is 5.17. The Morgan fingerprint density at radius 3 is 2.50 bits per heavy atom. The minimum Gasteiger partial charge on any atom is -0.426 e. The van der Waals surface area contributed by atoms with Gasteiger partial charge in [0.2, 0.25) is 0 Å². The molecular weight excluding hydrogens is 238 g/mol. The highest BCUT2D eigenvalue weighted by Gasteiger charge is 2.27. The lowest BCUT2D eigenvalue weighted by Gasteiger charge is -2.03. The van der Waals surface area contributed by atoms with Crippen LogP contribution in [0.4, 0.5) is 0 Å². The summed E-state index contributed by atoms with van der Waals surface area (Å²) in [5, 5.41) is 2.12. The molecule has 0 aliphatic carbocycles. The van der Waals surface area contributed by atoms with Gasteiger partial charge in [-0.1, -0.05) is 0 Å². The van der Waals surface area contributed by atoms with Crippen molar-refractivity contribution in [2.75, 3.05) is 0 Å². The van der Waals surface area contributed by atoms with Crippen molar-refractivity contribution in [3.05, 3.63) is 29.3 Å². The number of amides is 2. The van der Waals surface area contributed by atoms with E-state index in [0.717, 1.165) is 0 Å². The number of ether oxygens (including phenoxy) is 1. The highest BCUT2D eigenvalue weighted by molar-refractivity contribution is 6.21. The lowest BCUT2D eigenvalue weighted by molar-refractivity contribution is -0.137. The van der Waals surface area contributed by atoms with Crippen molar-refractivity contribution in [3.63, 3.8) is 0 Å². The molecule has 18 heavy (non-hydrogen) atoms. The Morgan fingerprint density at radius 1 is 1.17 bits per heavy atom. The van der Waals surface area contributed by atoms with E-state index < -0.39 is 17.8 Å². The number of hydrogen-bond donors (Lipinski definition) is 1. The molecule has 0 bridgehead atoms.